The Morgan fingerprint density at radius 1 is 1.28 bits per heavy atom. The molecule has 2 aromatic rings. The van der Waals surface area contributed by atoms with Gasteiger partial charge in [-0.25, -0.2) is 0 Å². The van der Waals surface area contributed by atoms with Crippen LogP contribution in [0.3, 0.4) is 0 Å². The highest BCUT2D eigenvalue weighted by molar-refractivity contribution is 9.10. The fourth-order valence-electron chi connectivity index (χ4n) is 2.34. The molecule has 0 atom stereocenters. The summed E-state index contributed by atoms with van der Waals surface area (Å²) in [6, 6.07) is 6.48. The van der Waals surface area contributed by atoms with E-state index in [1.165, 1.54) is 16.5 Å². The highest BCUT2D eigenvalue weighted by atomic mass is 79.9. The van der Waals surface area contributed by atoms with Gasteiger partial charge in [-0.05, 0) is 36.1 Å². The fraction of sp³-hybridized carbons (Fsp3) is 0.467. The number of fused-ring (bicyclic) bond motifs is 1. The van der Waals surface area contributed by atoms with Gasteiger partial charge >= 0.3 is 0 Å². The Morgan fingerprint density at radius 2 is 2.00 bits per heavy atom. The molecule has 0 bridgehead atoms. The summed E-state index contributed by atoms with van der Waals surface area (Å²) in [5.41, 5.74) is 8.62. The molecule has 3 heteroatoms. The number of nitrogens with two attached hydrogens (primary N) is 1. The summed E-state index contributed by atoms with van der Waals surface area (Å²) < 4.78 is 3.48. The van der Waals surface area contributed by atoms with Crippen LogP contribution in [0.5, 0.6) is 0 Å². The largest absolute Gasteiger partial charge is 0.347 e. The van der Waals surface area contributed by atoms with Crippen LogP contribution in [0, 0.1) is 5.41 Å². The molecule has 0 aliphatic heterocycles. The van der Waals surface area contributed by atoms with Crippen LogP contribution in [0.4, 0.5) is 0 Å². The summed E-state index contributed by atoms with van der Waals surface area (Å²) in [6.45, 7) is 8.51. The SMILES string of the molecule is CC(C)(C)Cn1cc(CCN)c2ccc(Br)cc21. The van der Waals surface area contributed by atoms with Gasteiger partial charge in [0.25, 0.3) is 0 Å². The predicted octanol–water partition coefficient (Wildman–Crippen LogP) is 3.95. The molecule has 0 saturated heterocycles. The van der Waals surface area contributed by atoms with E-state index in [0.29, 0.717) is 6.54 Å². The van der Waals surface area contributed by atoms with Crippen LogP contribution < -0.4 is 5.73 Å². The average Bonchev–Trinajstić information content (AvgIpc) is 2.55. The molecular weight excluding hydrogens is 288 g/mol. The zero-order valence-electron chi connectivity index (χ0n) is 11.3. The average molecular weight is 309 g/mol. The second-order valence-corrected chi connectivity index (χ2v) is 6.96. The van der Waals surface area contributed by atoms with E-state index in [4.69, 9.17) is 5.73 Å². The van der Waals surface area contributed by atoms with Gasteiger partial charge in [0.15, 0.2) is 0 Å². The first-order valence-electron chi connectivity index (χ1n) is 6.38. The van der Waals surface area contributed by atoms with Crippen molar-refractivity contribution >= 4 is 26.8 Å². The van der Waals surface area contributed by atoms with E-state index in [0.717, 1.165) is 17.4 Å². The lowest BCUT2D eigenvalue weighted by molar-refractivity contribution is 0.349. The molecule has 1 aromatic heterocycles. The number of hydrogen-bond donors (Lipinski definition) is 1. The Balaban J connectivity index is 2.54. The van der Waals surface area contributed by atoms with Crippen molar-refractivity contribution < 1.29 is 0 Å². The molecule has 2 N–H and O–H groups in total. The van der Waals surface area contributed by atoms with Crippen LogP contribution in [0.25, 0.3) is 10.9 Å². The van der Waals surface area contributed by atoms with Crippen molar-refractivity contribution in [1.29, 1.82) is 0 Å². The molecule has 0 spiro atoms. The Labute approximate surface area is 117 Å². The van der Waals surface area contributed by atoms with E-state index in [1.54, 1.807) is 0 Å². The maximum absolute atomic E-state index is 5.70. The first kappa shape index (κ1) is 13.6. The number of rotatable bonds is 3. The third kappa shape index (κ3) is 2.96. The lowest BCUT2D eigenvalue weighted by Crippen LogP contribution is -2.14. The van der Waals surface area contributed by atoms with E-state index >= 15 is 0 Å². The van der Waals surface area contributed by atoms with E-state index in [2.05, 4.69) is 65.7 Å². The molecule has 0 aliphatic carbocycles. The summed E-state index contributed by atoms with van der Waals surface area (Å²) >= 11 is 3.56. The third-order valence-corrected chi connectivity index (χ3v) is 3.48. The third-order valence-electron chi connectivity index (χ3n) is 2.99. The topological polar surface area (TPSA) is 30.9 Å². The summed E-state index contributed by atoms with van der Waals surface area (Å²) in [6.07, 6.45) is 3.20. The lowest BCUT2D eigenvalue weighted by Gasteiger charge is -2.19. The van der Waals surface area contributed by atoms with Crippen molar-refractivity contribution in [1.82, 2.24) is 4.57 Å². The number of halogens is 1. The lowest BCUT2D eigenvalue weighted by atomic mass is 9.97. The molecular formula is C15H21BrN2. The van der Waals surface area contributed by atoms with E-state index in [9.17, 15) is 0 Å². The van der Waals surface area contributed by atoms with Gasteiger partial charge in [-0.2, -0.15) is 0 Å². The van der Waals surface area contributed by atoms with Crippen molar-refractivity contribution in [2.75, 3.05) is 6.54 Å². The minimum Gasteiger partial charge on any atom is -0.347 e. The summed E-state index contributed by atoms with van der Waals surface area (Å²) in [5.74, 6) is 0. The van der Waals surface area contributed by atoms with E-state index in [1.807, 2.05) is 0 Å². The minimum absolute atomic E-state index is 0.272. The minimum atomic E-state index is 0.272. The maximum Gasteiger partial charge on any atom is 0.0494 e. The first-order valence-corrected chi connectivity index (χ1v) is 7.17. The molecule has 18 heavy (non-hydrogen) atoms. The monoisotopic (exact) mass is 308 g/mol. The molecule has 2 nitrogen and oxygen atoms in total. The Hall–Kier alpha value is -0.800. The van der Waals surface area contributed by atoms with Crippen LogP contribution >= 0.6 is 15.9 Å². The number of aromatic nitrogens is 1. The molecule has 0 fully saturated rings. The molecule has 0 amide bonds. The number of benzene rings is 1. The van der Waals surface area contributed by atoms with Crippen molar-refractivity contribution in [2.24, 2.45) is 11.1 Å². The van der Waals surface area contributed by atoms with Crippen molar-refractivity contribution in [3.05, 3.63) is 34.4 Å². The van der Waals surface area contributed by atoms with Gasteiger partial charge in [-0.3, -0.25) is 0 Å². The number of hydrogen-bond acceptors (Lipinski definition) is 1. The van der Waals surface area contributed by atoms with Crippen LogP contribution in [-0.4, -0.2) is 11.1 Å². The summed E-state index contributed by atoms with van der Waals surface area (Å²) in [4.78, 5) is 0. The molecule has 2 rings (SSSR count). The standard InChI is InChI=1S/C15H21BrN2/c1-15(2,3)10-18-9-11(6-7-17)13-5-4-12(16)8-14(13)18/h4-5,8-9H,6-7,10,17H2,1-3H3. The van der Waals surface area contributed by atoms with Crippen LogP contribution in [0.15, 0.2) is 28.9 Å². The van der Waals surface area contributed by atoms with Crippen molar-refractivity contribution in [3.8, 4) is 0 Å². The zero-order valence-corrected chi connectivity index (χ0v) is 12.9. The summed E-state index contributed by atoms with van der Waals surface area (Å²) in [7, 11) is 0. The fourth-order valence-corrected chi connectivity index (χ4v) is 2.69. The van der Waals surface area contributed by atoms with Gasteiger partial charge in [0.1, 0.15) is 0 Å². The zero-order chi connectivity index (χ0) is 13.3. The molecule has 1 heterocycles. The smallest absolute Gasteiger partial charge is 0.0494 e. The molecule has 0 unspecified atom stereocenters. The molecule has 0 radical (unpaired) electrons. The van der Waals surface area contributed by atoms with Gasteiger partial charge < -0.3 is 10.3 Å². The van der Waals surface area contributed by atoms with E-state index in [-0.39, 0.29) is 5.41 Å². The van der Waals surface area contributed by atoms with Crippen LogP contribution in [-0.2, 0) is 13.0 Å². The van der Waals surface area contributed by atoms with Crippen molar-refractivity contribution in [3.63, 3.8) is 0 Å². The van der Waals surface area contributed by atoms with Gasteiger partial charge in [0, 0.05) is 28.1 Å². The van der Waals surface area contributed by atoms with Gasteiger partial charge in [-0.15, -0.1) is 0 Å². The van der Waals surface area contributed by atoms with Gasteiger partial charge in [0.2, 0.25) is 0 Å². The highest BCUT2D eigenvalue weighted by Gasteiger charge is 2.15. The Bertz CT molecular complexity index is 549. The molecule has 1 aromatic carbocycles. The molecule has 0 saturated carbocycles. The number of nitrogens with zero attached hydrogens (tertiary/aromatic N) is 1. The van der Waals surface area contributed by atoms with Crippen LogP contribution in [0.2, 0.25) is 0 Å². The highest BCUT2D eigenvalue weighted by Crippen LogP contribution is 2.28. The second-order valence-electron chi connectivity index (χ2n) is 6.04. The second kappa shape index (κ2) is 5.06. The first-order chi connectivity index (χ1) is 8.40. The normalized spacial score (nSPS) is 12.3. The Kier molecular flexibility index (Phi) is 3.83. The van der Waals surface area contributed by atoms with Crippen molar-refractivity contribution in [2.45, 2.75) is 33.7 Å². The van der Waals surface area contributed by atoms with Crippen LogP contribution in [0.1, 0.15) is 26.3 Å². The quantitative estimate of drug-likeness (QED) is 0.914. The maximum atomic E-state index is 5.70. The molecule has 0 aliphatic rings. The molecule has 98 valence electrons. The summed E-state index contributed by atoms with van der Waals surface area (Å²) in [5, 5.41) is 1.33. The Morgan fingerprint density at radius 3 is 2.61 bits per heavy atom. The predicted molar refractivity (Wildman–Crippen MR) is 81.9 cm³/mol. The van der Waals surface area contributed by atoms with Gasteiger partial charge in [-0.1, -0.05) is 42.8 Å². The van der Waals surface area contributed by atoms with Gasteiger partial charge in [0.05, 0.1) is 0 Å². The van der Waals surface area contributed by atoms with E-state index < -0.39 is 0 Å².